The van der Waals surface area contributed by atoms with Crippen molar-refractivity contribution in [2.45, 2.75) is 54.4 Å². The molecule has 1 heteroatoms. The van der Waals surface area contributed by atoms with Crippen LogP contribution in [-0.2, 0) is 0 Å². The smallest absolute Gasteiger partial charge is 0.000496 e. The summed E-state index contributed by atoms with van der Waals surface area (Å²) in [6.45, 7) is 16.2. The van der Waals surface area contributed by atoms with E-state index in [2.05, 4.69) is 46.9 Å². The minimum atomic E-state index is 0.428. The molecule has 0 bridgehead atoms. The van der Waals surface area contributed by atoms with Gasteiger partial charge in [-0.05, 0) is 36.6 Å². The number of nitrogens with one attached hydrogen (secondary N) is 1. The quantitative estimate of drug-likeness (QED) is 0.617. The molecule has 0 amide bonds. The Morgan fingerprint density at radius 1 is 1.07 bits per heavy atom. The van der Waals surface area contributed by atoms with Gasteiger partial charge in [0, 0.05) is 6.54 Å². The number of rotatable bonds is 7. The Balaban J connectivity index is 3.45. The van der Waals surface area contributed by atoms with Crippen LogP contribution >= 0.6 is 0 Å². The average molecular weight is 199 g/mol. The van der Waals surface area contributed by atoms with Gasteiger partial charge in [-0.15, -0.1) is 0 Å². The van der Waals surface area contributed by atoms with E-state index in [4.69, 9.17) is 0 Å². The molecule has 0 aromatic carbocycles. The molecule has 0 aromatic rings. The summed E-state index contributed by atoms with van der Waals surface area (Å²) < 4.78 is 0. The van der Waals surface area contributed by atoms with Crippen LogP contribution in [0, 0.1) is 17.3 Å². The zero-order chi connectivity index (χ0) is 11.2. The molecule has 1 N–H and O–H groups in total. The Bertz CT molecular complexity index is 136. The molecular formula is C13H29N. The van der Waals surface area contributed by atoms with Crippen LogP contribution in [0.2, 0.25) is 0 Å². The van der Waals surface area contributed by atoms with Crippen molar-refractivity contribution in [2.24, 2.45) is 17.3 Å². The van der Waals surface area contributed by atoms with Gasteiger partial charge in [0.25, 0.3) is 0 Å². The van der Waals surface area contributed by atoms with E-state index in [0.717, 1.165) is 18.4 Å². The Labute approximate surface area is 90.7 Å². The van der Waals surface area contributed by atoms with Gasteiger partial charge in [-0.2, -0.15) is 0 Å². The van der Waals surface area contributed by atoms with Gasteiger partial charge in [0.2, 0.25) is 0 Å². The van der Waals surface area contributed by atoms with Crippen molar-refractivity contribution in [3.05, 3.63) is 0 Å². The highest BCUT2D eigenvalue weighted by molar-refractivity contribution is 4.74. The molecule has 0 spiro atoms. The summed E-state index contributed by atoms with van der Waals surface area (Å²) in [4.78, 5) is 0. The summed E-state index contributed by atoms with van der Waals surface area (Å²) in [5.41, 5.74) is 0.428. The van der Waals surface area contributed by atoms with Crippen molar-refractivity contribution >= 4 is 0 Å². The van der Waals surface area contributed by atoms with E-state index in [-0.39, 0.29) is 0 Å². The highest BCUT2D eigenvalue weighted by Gasteiger charge is 2.21. The molecule has 0 unspecified atom stereocenters. The van der Waals surface area contributed by atoms with Crippen LogP contribution in [0.1, 0.15) is 54.4 Å². The van der Waals surface area contributed by atoms with Gasteiger partial charge in [-0.1, -0.05) is 41.5 Å². The Hall–Kier alpha value is -0.0400. The molecule has 0 heterocycles. The van der Waals surface area contributed by atoms with Gasteiger partial charge in [0.15, 0.2) is 0 Å². The minimum absolute atomic E-state index is 0.428. The zero-order valence-corrected chi connectivity index (χ0v) is 11.0. The van der Waals surface area contributed by atoms with Gasteiger partial charge in [0.05, 0.1) is 0 Å². The summed E-state index contributed by atoms with van der Waals surface area (Å²) in [6, 6.07) is 0. The molecule has 0 saturated carbocycles. The van der Waals surface area contributed by atoms with E-state index < -0.39 is 0 Å². The van der Waals surface area contributed by atoms with Crippen LogP contribution in [0.4, 0.5) is 0 Å². The van der Waals surface area contributed by atoms with Gasteiger partial charge < -0.3 is 5.32 Å². The Morgan fingerprint density at radius 2 is 1.64 bits per heavy atom. The summed E-state index contributed by atoms with van der Waals surface area (Å²) in [5, 5.41) is 3.56. The monoisotopic (exact) mass is 199 g/mol. The standard InChI is InChI=1S/C13H29N/c1-11(2)8-7-9-14-10-13(5,6)12(3)4/h11-12,14H,7-10H2,1-6H3. The lowest BCUT2D eigenvalue weighted by Crippen LogP contribution is -2.34. The van der Waals surface area contributed by atoms with Crippen LogP contribution in [0.15, 0.2) is 0 Å². The highest BCUT2D eigenvalue weighted by atomic mass is 14.9. The third-order valence-corrected chi connectivity index (χ3v) is 3.28. The molecular weight excluding hydrogens is 170 g/mol. The van der Waals surface area contributed by atoms with E-state index in [0.29, 0.717) is 5.41 Å². The second kappa shape index (κ2) is 6.44. The van der Waals surface area contributed by atoms with Crippen molar-refractivity contribution in [3.63, 3.8) is 0 Å². The first kappa shape index (κ1) is 14.0. The van der Waals surface area contributed by atoms with E-state index in [9.17, 15) is 0 Å². The molecule has 0 atom stereocenters. The molecule has 86 valence electrons. The molecule has 0 rings (SSSR count). The Morgan fingerprint density at radius 3 is 2.07 bits per heavy atom. The minimum Gasteiger partial charge on any atom is -0.316 e. The Kier molecular flexibility index (Phi) is 6.43. The number of hydrogen-bond acceptors (Lipinski definition) is 1. The lowest BCUT2D eigenvalue weighted by molar-refractivity contribution is 0.238. The summed E-state index contributed by atoms with van der Waals surface area (Å²) in [6.07, 6.45) is 2.65. The van der Waals surface area contributed by atoms with Crippen molar-refractivity contribution < 1.29 is 0 Å². The largest absolute Gasteiger partial charge is 0.316 e. The van der Waals surface area contributed by atoms with E-state index >= 15 is 0 Å². The predicted molar refractivity (Wildman–Crippen MR) is 65.6 cm³/mol. The molecule has 0 aliphatic rings. The van der Waals surface area contributed by atoms with Gasteiger partial charge in [-0.3, -0.25) is 0 Å². The van der Waals surface area contributed by atoms with Crippen molar-refractivity contribution in [2.75, 3.05) is 13.1 Å². The second-order valence-electron chi connectivity index (χ2n) is 5.86. The van der Waals surface area contributed by atoms with Crippen LogP contribution in [-0.4, -0.2) is 13.1 Å². The summed E-state index contributed by atoms with van der Waals surface area (Å²) >= 11 is 0. The first-order chi connectivity index (χ1) is 6.36. The predicted octanol–water partition coefficient (Wildman–Crippen LogP) is 3.69. The lowest BCUT2D eigenvalue weighted by atomic mass is 9.81. The van der Waals surface area contributed by atoms with Crippen molar-refractivity contribution in [3.8, 4) is 0 Å². The summed E-state index contributed by atoms with van der Waals surface area (Å²) in [5.74, 6) is 1.59. The topological polar surface area (TPSA) is 12.0 Å². The van der Waals surface area contributed by atoms with Crippen LogP contribution in [0.3, 0.4) is 0 Å². The third-order valence-electron chi connectivity index (χ3n) is 3.28. The highest BCUT2D eigenvalue weighted by Crippen LogP contribution is 2.24. The molecule has 0 saturated heterocycles. The first-order valence-electron chi connectivity index (χ1n) is 6.07. The van der Waals surface area contributed by atoms with Crippen molar-refractivity contribution in [1.82, 2.24) is 5.32 Å². The van der Waals surface area contributed by atoms with E-state index in [1.165, 1.54) is 19.4 Å². The van der Waals surface area contributed by atoms with Crippen LogP contribution < -0.4 is 5.32 Å². The molecule has 14 heavy (non-hydrogen) atoms. The van der Waals surface area contributed by atoms with Gasteiger partial charge in [-0.25, -0.2) is 0 Å². The molecule has 0 radical (unpaired) electrons. The number of hydrogen-bond donors (Lipinski definition) is 1. The van der Waals surface area contributed by atoms with Gasteiger partial charge in [0.1, 0.15) is 0 Å². The van der Waals surface area contributed by atoms with Crippen LogP contribution in [0.25, 0.3) is 0 Å². The SMILES string of the molecule is CC(C)CCCNCC(C)(C)C(C)C. The second-order valence-corrected chi connectivity index (χ2v) is 5.86. The average Bonchev–Trinajstić information content (AvgIpc) is 2.02. The maximum absolute atomic E-state index is 3.56. The first-order valence-corrected chi connectivity index (χ1v) is 6.07. The third kappa shape index (κ3) is 6.42. The normalized spacial score (nSPS) is 12.9. The maximum atomic E-state index is 3.56. The molecule has 0 aromatic heterocycles. The van der Waals surface area contributed by atoms with Gasteiger partial charge >= 0.3 is 0 Å². The fourth-order valence-corrected chi connectivity index (χ4v) is 1.25. The zero-order valence-electron chi connectivity index (χ0n) is 11.0. The molecule has 0 aliphatic carbocycles. The van der Waals surface area contributed by atoms with E-state index in [1.807, 2.05) is 0 Å². The summed E-state index contributed by atoms with van der Waals surface area (Å²) in [7, 11) is 0. The molecule has 0 fully saturated rings. The van der Waals surface area contributed by atoms with E-state index in [1.54, 1.807) is 0 Å². The fraction of sp³-hybridized carbons (Fsp3) is 1.00. The van der Waals surface area contributed by atoms with Crippen molar-refractivity contribution in [1.29, 1.82) is 0 Å². The maximum Gasteiger partial charge on any atom is 0.000496 e. The van der Waals surface area contributed by atoms with Crippen LogP contribution in [0.5, 0.6) is 0 Å². The lowest BCUT2D eigenvalue weighted by Gasteiger charge is -2.29. The molecule has 1 nitrogen and oxygen atoms in total. The molecule has 0 aliphatic heterocycles. The fourth-order valence-electron chi connectivity index (χ4n) is 1.25.